The maximum Gasteiger partial charge on any atom is 0.269 e. The average molecular weight is 260 g/mol. The Labute approximate surface area is 107 Å². The minimum absolute atomic E-state index is 0.0558. The molecule has 0 aromatic heterocycles. The highest BCUT2D eigenvalue weighted by Gasteiger charge is 2.08. The Balaban J connectivity index is 2.10. The molecular weight excluding hydrogens is 251 g/mol. The Morgan fingerprint density at radius 3 is 2.16 bits per heavy atom. The van der Waals surface area contributed by atoms with Gasteiger partial charge in [0.25, 0.3) is 11.6 Å². The number of benzene rings is 2. The number of non-ortho nitro benzene ring substituents is 1. The molecule has 5 nitrogen and oxygen atoms in total. The molecule has 0 unspecified atom stereocenters. The Bertz CT molecular complexity index is 609. The molecule has 0 bridgehead atoms. The number of nitro benzene ring substituents is 1. The van der Waals surface area contributed by atoms with Crippen LogP contribution in [-0.2, 0) is 0 Å². The van der Waals surface area contributed by atoms with Crippen molar-refractivity contribution in [3.8, 4) is 0 Å². The van der Waals surface area contributed by atoms with Crippen molar-refractivity contribution in [1.29, 1.82) is 0 Å². The maximum atomic E-state index is 12.7. The van der Waals surface area contributed by atoms with Gasteiger partial charge in [0.05, 0.1) is 4.92 Å². The van der Waals surface area contributed by atoms with Crippen molar-refractivity contribution in [3.63, 3.8) is 0 Å². The molecule has 0 aliphatic carbocycles. The fourth-order valence-corrected chi connectivity index (χ4v) is 1.47. The van der Waals surface area contributed by atoms with E-state index in [2.05, 4.69) is 5.32 Å². The average Bonchev–Trinajstić information content (AvgIpc) is 2.40. The van der Waals surface area contributed by atoms with Crippen LogP contribution >= 0.6 is 0 Å². The lowest BCUT2D eigenvalue weighted by molar-refractivity contribution is -0.384. The van der Waals surface area contributed by atoms with Crippen molar-refractivity contribution < 1.29 is 14.1 Å². The van der Waals surface area contributed by atoms with Gasteiger partial charge < -0.3 is 5.32 Å². The number of hydrogen-bond acceptors (Lipinski definition) is 3. The van der Waals surface area contributed by atoms with Gasteiger partial charge in [0.15, 0.2) is 0 Å². The number of rotatable bonds is 3. The quantitative estimate of drug-likeness (QED) is 0.681. The third-order valence-corrected chi connectivity index (χ3v) is 2.44. The lowest BCUT2D eigenvalue weighted by atomic mass is 10.2. The minimum atomic E-state index is -0.522. The van der Waals surface area contributed by atoms with E-state index in [0.717, 1.165) is 0 Å². The molecule has 2 rings (SSSR count). The van der Waals surface area contributed by atoms with Crippen LogP contribution in [0, 0.1) is 15.9 Å². The zero-order chi connectivity index (χ0) is 13.8. The summed E-state index contributed by atoms with van der Waals surface area (Å²) in [5.74, 6) is -0.833. The summed E-state index contributed by atoms with van der Waals surface area (Å²) >= 11 is 0. The molecule has 0 heterocycles. The molecule has 0 fully saturated rings. The minimum Gasteiger partial charge on any atom is -0.322 e. The summed E-state index contributed by atoms with van der Waals surface area (Å²) in [6.45, 7) is 0. The van der Waals surface area contributed by atoms with Gasteiger partial charge in [0, 0.05) is 23.4 Å². The van der Waals surface area contributed by atoms with Crippen molar-refractivity contribution in [1.82, 2.24) is 0 Å². The van der Waals surface area contributed by atoms with Gasteiger partial charge in [-0.3, -0.25) is 14.9 Å². The van der Waals surface area contributed by atoms with Crippen LogP contribution in [0.25, 0.3) is 0 Å². The molecule has 1 N–H and O–H groups in total. The summed E-state index contributed by atoms with van der Waals surface area (Å²) in [7, 11) is 0. The number of halogens is 1. The molecule has 2 aromatic rings. The normalized spacial score (nSPS) is 9.95. The van der Waals surface area contributed by atoms with Crippen LogP contribution in [0.15, 0.2) is 48.5 Å². The number of amides is 1. The Hall–Kier alpha value is -2.76. The van der Waals surface area contributed by atoms with E-state index in [9.17, 15) is 19.3 Å². The van der Waals surface area contributed by atoms with Crippen LogP contribution < -0.4 is 5.32 Å². The van der Waals surface area contributed by atoms with Gasteiger partial charge in [0.1, 0.15) is 5.82 Å². The Morgan fingerprint density at radius 1 is 1.05 bits per heavy atom. The number of nitrogens with one attached hydrogen (secondary N) is 1. The molecule has 2 aromatic carbocycles. The molecule has 0 spiro atoms. The van der Waals surface area contributed by atoms with E-state index in [4.69, 9.17) is 0 Å². The second-order valence-electron chi connectivity index (χ2n) is 3.77. The van der Waals surface area contributed by atoms with E-state index in [0.29, 0.717) is 11.3 Å². The molecule has 6 heteroatoms. The predicted octanol–water partition coefficient (Wildman–Crippen LogP) is 2.99. The van der Waals surface area contributed by atoms with Crippen molar-refractivity contribution in [2.24, 2.45) is 0 Å². The first-order valence-corrected chi connectivity index (χ1v) is 5.37. The first kappa shape index (κ1) is 12.7. The summed E-state index contributed by atoms with van der Waals surface area (Å²) in [5, 5.41) is 13.0. The van der Waals surface area contributed by atoms with Crippen molar-refractivity contribution in [2.45, 2.75) is 0 Å². The third-order valence-electron chi connectivity index (χ3n) is 2.44. The summed E-state index contributed by atoms with van der Waals surface area (Å²) in [5.41, 5.74) is 0.680. The maximum absolute atomic E-state index is 12.7. The van der Waals surface area contributed by atoms with Gasteiger partial charge in [-0.05, 0) is 36.4 Å². The van der Waals surface area contributed by atoms with Gasteiger partial charge in [-0.1, -0.05) is 0 Å². The van der Waals surface area contributed by atoms with Gasteiger partial charge in [0.2, 0.25) is 0 Å². The topological polar surface area (TPSA) is 72.2 Å². The van der Waals surface area contributed by atoms with Crippen molar-refractivity contribution >= 4 is 17.3 Å². The first-order chi connectivity index (χ1) is 9.06. The molecule has 0 aliphatic heterocycles. The molecule has 0 atom stereocenters. The summed E-state index contributed by atoms with van der Waals surface area (Å²) in [4.78, 5) is 21.7. The molecule has 96 valence electrons. The second-order valence-corrected chi connectivity index (χ2v) is 3.77. The van der Waals surface area contributed by atoms with Gasteiger partial charge in [-0.15, -0.1) is 0 Å². The zero-order valence-corrected chi connectivity index (χ0v) is 9.67. The van der Waals surface area contributed by atoms with Crippen LogP contribution in [-0.4, -0.2) is 10.8 Å². The molecule has 0 saturated heterocycles. The van der Waals surface area contributed by atoms with Crippen molar-refractivity contribution in [2.75, 3.05) is 5.32 Å². The summed E-state index contributed by atoms with van der Waals surface area (Å²) < 4.78 is 12.7. The van der Waals surface area contributed by atoms with Gasteiger partial charge in [-0.2, -0.15) is 0 Å². The monoisotopic (exact) mass is 260 g/mol. The number of hydrogen-bond donors (Lipinski definition) is 1. The van der Waals surface area contributed by atoms with E-state index in [1.807, 2.05) is 0 Å². The number of carbonyl (C=O) groups excluding carboxylic acids is 1. The van der Waals surface area contributed by atoms with E-state index in [-0.39, 0.29) is 5.69 Å². The third kappa shape index (κ3) is 3.12. The second kappa shape index (κ2) is 5.26. The largest absolute Gasteiger partial charge is 0.322 e. The number of anilines is 1. The SMILES string of the molecule is O=C(Nc1ccc([N+](=O)[O-])cc1)c1ccc(F)cc1. The van der Waals surface area contributed by atoms with Gasteiger partial charge in [-0.25, -0.2) is 4.39 Å². The van der Waals surface area contributed by atoms with Crippen LogP contribution in [0.1, 0.15) is 10.4 Å². The van der Waals surface area contributed by atoms with Crippen LogP contribution in [0.2, 0.25) is 0 Å². The lowest BCUT2D eigenvalue weighted by Gasteiger charge is -2.04. The molecule has 0 saturated carbocycles. The molecule has 19 heavy (non-hydrogen) atoms. The first-order valence-electron chi connectivity index (χ1n) is 5.37. The molecular formula is C13H9FN2O3. The fraction of sp³-hybridized carbons (Fsp3) is 0. The number of nitro groups is 1. The predicted molar refractivity (Wildman–Crippen MR) is 67.4 cm³/mol. The number of nitrogens with zero attached hydrogens (tertiary/aromatic N) is 1. The highest BCUT2D eigenvalue weighted by molar-refractivity contribution is 6.04. The van der Waals surface area contributed by atoms with E-state index in [1.54, 1.807) is 0 Å². The lowest BCUT2D eigenvalue weighted by Crippen LogP contribution is -2.11. The zero-order valence-electron chi connectivity index (χ0n) is 9.67. The molecule has 0 radical (unpaired) electrons. The Morgan fingerprint density at radius 2 is 1.63 bits per heavy atom. The van der Waals surface area contributed by atoms with E-state index in [1.165, 1.54) is 48.5 Å². The highest BCUT2D eigenvalue weighted by Crippen LogP contribution is 2.16. The smallest absolute Gasteiger partial charge is 0.269 e. The summed E-state index contributed by atoms with van der Waals surface area (Å²) in [6.07, 6.45) is 0. The fourth-order valence-electron chi connectivity index (χ4n) is 1.47. The van der Waals surface area contributed by atoms with Crippen LogP contribution in [0.3, 0.4) is 0 Å². The highest BCUT2D eigenvalue weighted by atomic mass is 19.1. The van der Waals surface area contributed by atoms with Crippen LogP contribution in [0.4, 0.5) is 15.8 Å². The molecule has 0 aliphatic rings. The molecule has 1 amide bonds. The van der Waals surface area contributed by atoms with E-state index >= 15 is 0 Å². The van der Waals surface area contributed by atoms with Crippen LogP contribution in [0.5, 0.6) is 0 Å². The standard InChI is InChI=1S/C13H9FN2O3/c14-10-3-1-9(2-4-10)13(17)15-11-5-7-12(8-6-11)16(18)19/h1-8H,(H,15,17). The number of carbonyl (C=O) groups is 1. The summed E-state index contributed by atoms with van der Waals surface area (Å²) in [6, 6.07) is 10.5. The Kier molecular flexibility index (Phi) is 3.51. The van der Waals surface area contributed by atoms with Crippen molar-refractivity contribution in [3.05, 3.63) is 70.0 Å². The van der Waals surface area contributed by atoms with E-state index < -0.39 is 16.6 Å². The van der Waals surface area contributed by atoms with Gasteiger partial charge >= 0.3 is 0 Å².